The van der Waals surface area contributed by atoms with E-state index in [1.165, 1.54) is 19.4 Å². The summed E-state index contributed by atoms with van der Waals surface area (Å²) in [5.41, 5.74) is 0. The Morgan fingerprint density at radius 1 is 1.20 bits per heavy atom. The average Bonchev–Trinajstić information content (AvgIpc) is 2.28. The summed E-state index contributed by atoms with van der Waals surface area (Å²) >= 11 is 0. The van der Waals surface area contributed by atoms with Gasteiger partial charge in [-0.25, -0.2) is 0 Å². The molecule has 0 saturated carbocycles. The number of nitrogens with one attached hydrogen (secondary N) is 1. The van der Waals surface area contributed by atoms with Crippen molar-refractivity contribution in [3.8, 4) is 11.8 Å². The molecule has 88 valence electrons. The van der Waals surface area contributed by atoms with Crippen molar-refractivity contribution < 1.29 is 0 Å². The van der Waals surface area contributed by atoms with E-state index in [1.54, 1.807) is 0 Å². The third-order valence-electron chi connectivity index (χ3n) is 2.89. The summed E-state index contributed by atoms with van der Waals surface area (Å²) in [6.45, 7) is 9.85. The lowest BCUT2D eigenvalue weighted by molar-refractivity contribution is 0.281. The molecule has 0 saturated heterocycles. The first-order chi connectivity index (χ1) is 7.28. The maximum absolute atomic E-state index is 3.37. The molecule has 1 N–H and O–H groups in total. The third kappa shape index (κ3) is 7.41. The van der Waals surface area contributed by atoms with E-state index >= 15 is 0 Å². The van der Waals surface area contributed by atoms with Gasteiger partial charge >= 0.3 is 0 Å². The van der Waals surface area contributed by atoms with Crippen LogP contribution in [0.25, 0.3) is 0 Å². The first-order valence-corrected chi connectivity index (χ1v) is 6.07. The van der Waals surface area contributed by atoms with Crippen molar-refractivity contribution in [3.63, 3.8) is 0 Å². The van der Waals surface area contributed by atoms with Crippen LogP contribution in [-0.2, 0) is 0 Å². The van der Waals surface area contributed by atoms with Crippen molar-refractivity contribution in [1.82, 2.24) is 10.2 Å². The first kappa shape index (κ1) is 14.5. The van der Waals surface area contributed by atoms with Crippen LogP contribution in [0.2, 0.25) is 0 Å². The van der Waals surface area contributed by atoms with Crippen LogP contribution >= 0.6 is 0 Å². The van der Waals surface area contributed by atoms with Crippen molar-refractivity contribution in [2.45, 2.75) is 46.1 Å². The Balaban J connectivity index is 3.71. The highest BCUT2D eigenvalue weighted by Crippen LogP contribution is 2.02. The highest BCUT2D eigenvalue weighted by atomic mass is 15.1. The van der Waals surface area contributed by atoms with Gasteiger partial charge in [-0.05, 0) is 46.4 Å². The minimum absolute atomic E-state index is 0.617. The van der Waals surface area contributed by atoms with E-state index in [4.69, 9.17) is 0 Å². The Kier molecular flexibility index (Phi) is 9.67. The normalized spacial score (nSPS) is 12.3. The number of hydrogen-bond donors (Lipinski definition) is 1. The van der Waals surface area contributed by atoms with Crippen LogP contribution in [0.15, 0.2) is 0 Å². The van der Waals surface area contributed by atoms with Crippen LogP contribution in [0.1, 0.15) is 40.0 Å². The van der Waals surface area contributed by atoms with Gasteiger partial charge in [-0.1, -0.05) is 13.8 Å². The van der Waals surface area contributed by atoms with Gasteiger partial charge in [0.2, 0.25) is 0 Å². The summed E-state index contributed by atoms with van der Waals surface area (Å²) in [7, 11) is 2.05. The summed E-state index contributed by atoms with van der Waals surface area (Å²) in [5.74, 6) is 6.07. The van der Waals surface area contributed by atoms with Gasteiger partial charge in [0.05, 0.1) is 0 Å². The molecule has 0 fully saturated rings. The van der Waals surface area contributed by atoms with Gasteiger partial charge in [-0.2, -0.15) is 0 Å². The van der Waals surface area contributed by atoms with Gasteiger partial charge in [0.1, 0.15) is 0 Å². The highest BCUT2D eigenvalue weighted by Gasteiger charge is 2.07. The average molecular weight is 210 g/mol. The number of hydrogen-bond acceptors (Lipinski definition) is 2. The molecule has 0 aromatic rings. The second kappa shape index (κ2) is 10.0. The monoisotopic (exact) mass is 210 g/mol. The predicted molar refractivity (Wildman–Crippen MR) is 67.9 cm³/mol. The van der Waals surface area contributed by atoms with Gasteiger partial charge in [0, 0.05) is 12.5 Å². The quantitative estimate of drug-likeness (QED) is 0.617. The number of nitrogens with zero attached hydrogens (tertiary/aromatic N) is 1. The van der Waals surface area contributed by atoms with Crippen molar-refractivity contribution in [2.75, 3.05) is 26.7 Å². The van der Waals surface area contributed by atoms with Crippen molar-refractivity contribution in [2.24, 2.45) is 0 Å². The molecule has 2 heteroatoms. The molecule has 0 bridgehead atoms. The molecule has 2 nitrogen and oxygen atoms in total. The summed E-state index contributed by atoms with van der Waals surface area (Å²) in [6, 6.07) is 0.617. The molecule has 0 amide bonds. The van der Waals surface area contributed by atoms with Crippen molar-refractivity contribution in [1.29, 1.82) is 0 Å². The van der Waals surface area contributed by atoms with Crippen LogP contribution in [0, 0.1) is 11.8 Å². The minimum atomic E-state index is 0.617. The zero-order chi connectivity index (χ0) is 11.5. The molecule has 0 radical (unpaired) electrons. The zero-order valence-electron chi connectivity index (χ0n) is 10.8. The Hall–Kier alpha value is -0.520. The lowest BCUT2D eigenvalue weighted by Gasteiger charge is -2.22. The Morgan fingerprint density at radius 2 is 1.87 bits per heavy atom. The maximum Gasteiger partial charge on any atom is 0.0103 e. The van der Waals surface area contributed by atoms with Gasteiger partial charge in [-0.3, -0.25) is 0 Å². The van der Waals surface area contributed by atoms with E-state index in [9.17, 15) is 0 Å². The zero-order valence-corrected chi connectivity index (χ0v) is 10.8. The first-order valence-electron chi connectivity index (χ1n) is 6.07. The fraction of sp³-hybridized carbons (Fsp3) is 0.846. The van der Waals surface area contributed by atoms with Gasteiger partial charge in [-0.15, -0.1) is 11.8 Å². The molecular formula is C13H26N2. The molecule has 0 aliphatic rings. The van der Waals surface area contributed by atoms with E-state index in [-0.39, 0.29) is 0 Å². The second-order valence-corrected chi connectivity index (χ2v) is 3.77. The molecule has 0 aromatic carbocycles. The maximum atomic E-state index is 3.37. The smallest absolute Gasteiger partial charge is 0.0103 e. The third-order valence-corrected chi connectivity index (χ3v) is 2.89. The fourth-order valence-electron chi connectivity index (χ4n) is 1.68. The Labute approximate surface area is 95.4 Å². The van der Waals surface area contributed by atoms with E-state index < -0.39 is 0 Å². The lowest BCUT2D eigenvalue weighted by Crippen LogP contribution is -2.32. The fourth-order valence-corrected chi connectivity index (χ4v) is 1.68. The van der Waals surface area contributed by atoms with Crippen molar-refractivity contribution in [3.05, 3.63) is 0 Å². The van der Waals surface area contributed by atoms with Crippen LogP contribution in [0.4, 0.5) is 0 Å². The number of rotatable bonds is 8. The molecule has 0 aliphatic heterocycles. The second-order valence-electron chi connectivity index (χ2n) is 3.77. The molecular weight excluding hydrogens is 184 g/mol. The SMILES string of the molecule is CC#CCCC(CCN(CC)CC)NC. The Morgan fingerprint density at radius 3 is 2.33 bits per heavy atom. The Bertz CT molecular complexity index is 186. The topological polar surface area (TPSA) is 15.3 Å². The highest BCUT2D eigenvalue weighted by molar-refractivity contribution is 4.95. The lowest BCUT2D eigenvalue weighted by atomic mass is 10.1. The van der Waals surface area contributed by atoms with Crippen LogP contribution in [-0.4, -0.2) is 37.6 Å². The largest absolute Gasteiger partial charge is 0.317 e. The van der Waals surface area contributed by atoms with E-state index in [0.717, 1.165) is 19.5 Å². The summed E-state index contributed by atoms with van der Waals surface area (Å²) in [6.07, 6.45) is 3.41. The van der Waals surface area contributed by atoms with E-state index in [0.29, 0.717) is 6.04 Å². The van der Waals surface area contributed by atoms with E-state index in [2.05, 4.69) is 35.9 Å². The predicted octanol–water partition coefficient (Wildman–Crippen LogP) is 2.11. The molecule has 0 aromatic heterocycles. The molecule has 0 aliphatic carbocycles. The molecule has 15 heavy (non-hydrogen) atoms. The standard InChI is InChI=1S/C13H26N2/c1-5-8-9-10-13(14-4)11-12-15(6-2)7-3/h13-14H,6-7,9-12H2,1-4H3. The molecule has 0 spiro atoms. The molecule has 1 atom stereocenters. The van der Waals surface area contributed by atoms with Crippen molar-refractivity contribution >= 4 is 0 Å². The van der Waals surface area contributed by atoms with Gasteiger partial charge in [0.15, 0.2) is 0 Å². The van der Waals surface area contributed by atoms with Crippen LogP contribution < -0.4 is 5.32 Å². The van der Waals surface area contributed by atoms with E-state index in [1.807, 2.05) is 14.0 Å². The molecule has 0 heterocycles. The summed E-state index contributed by atoms with van der Waals surface area (Å²) < 4.78 is 0. The summed E-state index contributed by atoms with van der Waals surface area (Å²) in [5, 5.41) is 3.37. The summed E-state index contributed by atoms with van der Waals surface area (Å²) in [4.78, 5) is 2.47. The molecule has 0 rings (SSSR count). The van der Waals surface area contributed by atoms with Crippen LogP contribution in [0.5, 0.6) is 0 Å². The minimum Gasteiger partial charge on any atom is -0.317 e. The van der Waals surface area contributed by atoms with Gasteiger partial charge < -0.3 is 10.2 Å². The van der Waals surface area contributed by atoms with Crippen LogP contribution in [0.3, 0.4) is 0 Å². The van der Waals surface area contributed by atoms with Gasteiger partial charge in [0.25, 0.3) is 0 Å². The molecule has 1 unspecified atom stereocenters.